The summed E-state index contributed by atoms with van der Waals surface area (Å²) in [5.74, 6) is 1.60. The van der Waals surface area contributed by atoms with Gasteiger partial charge < -0.3 is 9.47 Å². The molecule has 0 bridgehead atoms. The molecule has 0 spiro atoms. The van der Waals surface area contributed by atoms with Crippen molar-refractivity contribution in [3.63, 3.8) is 0 Å². The molecule has 15 heavy (non-hydrogen) atoms. The second-order valence-electron chi connectivity index (χ2n) is 3.20. The fourth-order valence-corrected chi connectivity index (χ4v) is 1.48. The van der Waals surface area contributed by atoms with E-state index < -0.39 is 0 Å². The molecule has 0 radical (unpaired) electrons. The van der Waals surface area contributed by atoms with Gasteiger partial charge in [0.15, 0.2) is 0 Å². The summed E-state index contributed by atoms with van der Waals surface area (Å²) in [5.41, 5.74) is 1.54. The largest absolute Gasteiger partial charge is 0.494 e. The molecule has 76 valence electrons. The lowest BCUT2D eigenvalue weighted by Gasteiger charge is -2.15. The Hall–Kier alpha value is -1.95. The van der Waals surface area contributed by atoms with Gasteiger partial charge in [-0.05, 0) is 31.2 Å². The smallest absolute Gasteiger partial charge is 0.127 e. The first kappa shape index (κ1) is 9.60. The predicted octanol–water partition coefficient (Wildman–Crippen LogP) is 2.38. The Morgan fingerprint density at radius 1 is 1.53 bits per heavy atom. The summed E-state index contributed by atoms with van der Waals surface area (Å²) >= 11 is 0. The molecule has 0 N–H and O–H groups in total. The van der Waals surface area contributed by atoms with E-state index in [-0.39, 0.29) is 0 Å². The van der Waals surface area contributed by atoms with Crippen LogP contribution in [-0.2, 0) is 0 Å². The first-order valence-electron chi connectivity index (χ1n) is 4.84. The number of hydrogen-bond donors (Lipinski definition) is 0. The van der Waals surface area contributed by atoms with Crippen molar-refractivity contribution < 1.29 is 9.47 Å². The van der Waals surface area contributed by atoms with E-state index in [1.807, 2.05) is 31.2 Å². The Balaban J connectivity index is 2.36. The maximum atomic E-state index is 8.76. The third-order valence-corrected chi connectivity index (χ3v) is 2.15. The van der Waals surface area contributed by atoms with E-state index >= 15 is 0 Å². The first-order chi connectivity index (χ1) is 7.33. The van der Waals surface area contributed by atoms with Gasteiger partial charge in [-0.2, -0.15) is 5.26 Å². The van der Waals surface area contributed by atoms with Crippen LogP contribution in [0.2, 0.25) is 0 Å². The highest BCUT2D eigenvalue weighted by molar-refractivity contribution is 5.66. The Morgan fingerprint density at radius 3 is 3.13 bits per heavy atom. The quantitative estimate of drug-likeness (QED) is 0.737. The molecular formula is C12H11NO2. The average molecular weight is 201 g/mol. The standard InChI is InChI=1S/C12H11NO2/c1-2-14-11-3-4-12-10(6-11)5-9(7-13)8-15-12/h3-6H,2,8H2,1H3. The van der Waals surface area contributed by atoms with Crippen LogP contribution >= 0.6 is 0 Å². The van der Waals surface area contributed by atoms with Crippen molar-refractivity contribution in [2.45, 2.75) is 6.92 Å². The number of rotatable bonds is 2. The zero-order chi connectivity index (χ0) is 10.7. The molecule has 1 heterocycles. The van der Waals surface area contributed by atoms with Crippen molar-refractivity contribution in [3.05, 3.63) is 29.3 Å². The van der Waals surface area contributed by atoms with Crippen molar-refractivity contribution in [3.8, 4) is 17.6 Å². The molecule has 0 unspecified atom stereocenters. The van der Waals surface area contributed by atoms with E-state index in [4.69, 9.17) is 14.7 Å². The third kappa shape index (κ3) is 1.94. The van der Waals surface area contributed by atoms with Crippen LogP contribution in [0.5, 0.6) is 11.5 Å². The Bertz CT molecular complexity index is 443. The average Bonchev–Trinajstić information content (AvgIpc) is 2.28. The summed E-state index contributed by atoms with van der Waals surface area (Å²) in [7, 11) is 0. The van der Waals surface area contributed by atoms with Crippen LogP contribution in [-0.4, -0.2) is 13.2 Å². The van der Waals surface area contributed by atoms with Crippen molar-refractivity contribution in [2.24, 2.45) is 0 Å². The molecule has 0 amide bonds. The summed E-state index contributed by atoms with van der Waals surface area (Å²) in [6, 6.07) is 7.71. The molecule has 1 aliphatic heterocycles. The van der Waals surface area contributed by atoms with Crippen LogP contribution in [0.3, 0.4) is 0 Å². The topological polar surface area (TPSA) is 42.2 Å². The summed E-state index contributed by atoms with van der Waals surface area (Å²) in [4.78, 5) is 0. The van der Waals surface area contributed by atoms with E-state index in [2.05, 4.69) is 6.07 Å². The number of benzene rings is 1. The zero-order valence-corrected chi connectivity index (χ0v) is 8.49. The van der Waals surface area contributed by atoms with Crippen LogP contribution in [0.25, 0.3) is 6.08 Å². The molecule has 0 saturated carbocycles. The van der Waals surface area contributed by atoms with E-state index in [0.717, 1.165) is 17.1 Å². The molecule has 0 atom stereocenters. The van der Waals surface area contributed by atoms with Crippen LogP contribution < -0.4 is 9.47 Å². The normalized spacial score (nSPS) is 13.2. The van der Waals surface area contributed by atoms with Gasteiger partial charge in [0, 0.05) is 5.56 Å². The van der Waals surface area contributed by atoms with Gasteiger partial charge >= 0.3 is 0 Å². The van der Waals surface area contributed by atoms with Crippen molar-refractivity contribution >= 4 is 6.08 Å². The van der Waals surface area contributed by atoms with E-state index in [1.54, 1.807) is 0 Å². The fraction of sp³-hybridized carbons (Fsp3) is 0.250. The number of nitrogens with zero attached hydrogens (tertiary/aromatic N) is 1. The molecule has 1 aromatic rings. The van der Waals surface area contributed by atoms with E-state index in [1.165, 1.54) is 0 Å². The summed E-state index contributed by atoms with van der Waals surface area (Å²) in [6.45, 7) is 2.93. The molecule has 0 fully saturated rings. The van der Waals surface area contributed by atoms with Crippen molar-refractivity contribution in [2.75, 3.05) is 13.2 Å². The molecule has 0 aromatic heterocycles. The summed E-state index contributed by atoms with van der Waals surface area (Å²) in [5, 5.41) is 8.76. The molecule has 2 rings (SSSR count). The summed E-state index contributed by atoms with van der Waals surface area (Å²) in [6.07, 6.45) is 1.83. The molecule has 3 nitrogen and oxygen atoms in total. The lowest BCUT2D eigenvalue weighted by Crippen LogP contribution is -2.06. The number of fused-ring (bicyclic) bond motifs is 1. The maximum Gasteiger partial charge on any atom is 0.127 e. The van der Waals surface area contributed by atoms with Gasteiger partial charge in [0.1, 0.15) is 18.1 Å². The molecule has 0 aliphatic carbocycles. The SMILES string of the molecule is CCOc1ccc2c(c1)C=C(C#N)CO2. The van der Waals surface area contributed by atoms with Gasteiger partial charge in [-0.25, -0.2) is 0 Å². The monoisotopic (exact) mass is 201 g/mol. The highest BCUT2D eigenvalue weighted by Gasteiger charge is 2.11. The molecule has 0 saturated heterocycles. The second kappa shape index (κ2) is 4.05. The van der Waals surface area contributed by atoms with Crippen LogP contribution in [0.4, 0.5) is 0 Å². The molecular weight excluding hydrogens is 190 g/mol. The fourth-order valence-electron chi connectivity index (χ4n) is 1.48. The lowest BCUT2D eigenvalue weighted by atomic mass is 10.1. The highest BCUT2D eigenvalue weighted by atomic mass is 16.5. The van der Waals surface area contributed by atoms with Crippen molar-refractivity contribution in [1.82, 2.24) is 0 Å². The minimum Gasteiger partial charge on any atom is -0.494 e. The molecule has 3 heteroatoms. The maximum absolute atomic E-state index is 8.76. The third-order valence-electron chi connectivity index (χ3n) is 2.15. The number of hydrogen-bond acceptors (Lipinski definition) is 3. The number of ether oxygens (including phenoxy) is 2. The lowest BCUT2D eigenvalue weighted by molar-refractivity contribution is 0.334. The van der Waals surface area contributed by atoms with E-state index in [9.17, 15) is 0 Å². The van der Waals surface area contributed by atoms with Crippen LogP contribution in [0.1, 0.15) is 12.5 Å². The number of nitriles is 1. The van der Waals surface area contributed by atoms with Crippen LogP contribution in [0.15, 0.2) is 23.8 Å². The van der Waals surface area contributed by atoms with Crippen molar-refractivity contribution in [1.29, 1.82) is 5.26 Å². The van der Waals surface area contributed by atoms with Gasteiger partial charge in [0.2, 0.25) is 0 Å². The first-order valence-corrected chi connectivity index (χ1v) is 4.84. The van der Waals surface area contributed by atoms with Gasteiger partial charge in [-0.15, -0.1) is 0 Å². The van der Waals surface area contributed by atoms with Gasteiger partial charge in [-0.1, -0.05) is 0 Å². The van der Waals surface area contributed by atoms with E-state index in [0.29, 0.717) is 18.8 Å². The zero-order valence-electron chi connectivity index (χ0n) is 8.49. The molecule has 1 aliphatic rings. The highest BCUT2D eigenvalue weighted by Crippen LogP contribution is 2.29. The minimum atomic E-state index is 0.359. The van der Waals surface area contributed by atoms with Gasteiger partial charge in [0.25, 0.3) is 0 Å². The Morgan fingerprint density at radius 2 is 2.40 bits per heavy atom. The Labute approximate surface area is 88.5 Å². The predicted molar refractivity (Wildman–Crippen MR) is 56.7 cm³/mol. The van der Waals surface area contributed by atoms with Gasteiger partial charge in [-0.3, -0.25) is 0 Å². The Kier molecular flexibility index (Phi) is 2.59. The minimum absolute atomic E-state index is 0.359. The second-order valence-corrected chi connectivity index (χ2v) is 3.20. The molecule has 1 aromatic carbocycles. The van der Waals surface area contributed by atoms with Crippen LogP contribution in [0, 0.1) is 11.3 Å². The van der Waals surface area contributed by atoms with Gasteiger partial charge in [0.05, 0.1) is 18.2 Å². The summed E-state index contributed by atoms with van der Waals surface area (Å²) < 4.78 is 10.8.